The summed E-state index contributed by atoms with van der Waals surface area (Å²) in [4.78, 5) is 18.6. The molecule has 0 bridgehead atoms. The predicted molar refractivity (Wildman–Crippen MR) is 105 cm³/mol. The molecule has 2 aliphatic rings. The lowest BCUT2D eigenvalue weighted by Crippen LogP contribution is -2.32. The van der Waals surface area contributed by atoms with Gasteiger partial charge in [-0.05, 0) is 43.9 Å². The number of nitrogens with zero attached hydrogens (tertiary/aromatic N) is 4. The minimum Gasteiger partial charge on any atom is -0.497 e. The maximum Gasteiger partial charge on any atom is 0.270 e. The molecule has 5 rings (SSSR count). The molecule has 1 atom stereocenters. The van der Waals surface area contributed by atoms with E-state index in [4.69, 9.17) is 4.74 Å². The number of amides is 1. The number of carbonyl (C=O) groups excluding carboxylic acids is 1. The van der Waals surface area contributed by atoms with E-state index in [0.29, 0.717) is 5.69 Å². The number of aryl methyl sites for hydroxylation is 1. The first-order chi connectivity index (χ1) is 13.7. The van der Waals surface area contributed by atoms with E-state index in [-0.39, 0.29) is 11.9 Å². The van der Waals surface area contributed by atoms with Crippen molar-refractivity contribution in [3.05, 3.63) is 41.6 Å². The van der Waals surface area contributed by atoms with Crippen molar-refractivity contribution in [1.29, 1.82) is 0 Å². The van der Waals surface area contributed by atoms with Crippen molar-refractivity contribution in [2.75, 3.05) is 13.7 Å². The zero-order valence-electron chi connectivity index (χ0n) is 16.1. The maximum absolute atomic E-state index is 13.3. The molecule has 1 fully saturated rings. The molecule has 1 amide bonds. The quantitative estimate of drug-likeness (QED) is 0.756. The number of carbonyl (C=O) groups is 1. The van der Waals surface area contributed by atoms with Crippen molar-refractivity contribution >= 4 is 16.8 Å². The summed E-state index contributed by atoms with van der Waals surface area (Å²) in [5.41, 5.74) is 1.53. The van der Waals surface area contributed by atoms with E-state index in [1.165, 1.54) is 12.8 Å². The van der Waals surface area contributed by atoms with Gasteiger partial charge in [-0.2, -0.15) is 0 Å². The van der Waals surface area contributed by atoms with Crippen molar-refractivity contribution in [2.45, 2.75) is 51.1 Å². The highest BCUT2D eigenvalue weighted by Gasteiger charge is 2.35. The summed E-state index contributed by atoms with van der Waals surface area (Å²) in [7, 11) is 1.65. The van der Waals surface area contributed by atoms with Gasteiger partial charge < -0.3 is 19.2 Å². The van der Waals surface area contributed by atoms with Crippen LogP contribution in [-0.4, -0.2) is 44.2 Å². The van der Waals surface area contributed by atoms with Gasteiger partial charge in [-0.15, -0.1) is 10.2 Å². The minimum absolute atomic E-state index is 0.00722. The highest BCUT2D eigenvalue weighted by Crippen LogP contribution is 2.34. The summed E-state index contributed by atoms with van der Waals surface area (Å²) >= 11 is 0. The fourth-order valence-corrected chi connectivity index (χ4v) is 4.54. The third-order valence-electron chi connectivity index (χ3n) is 6.01. The number of ether oxygens (including phenoxy) is 1. The monoisotopic (exact) mass is 379 g/mol. The van der Waals surface area contributed by atoms with Crippen LogP contribution < -0.4 is 4.74 Å². The topological polar surface area (TPSA) is 76.0 Å². The fourth-order valence-electron chi connectivity index (χ4n) is 4.54. The average Bonchev–Trinajstić information content (AvgIpc) is 3.41. The van der Waals surface area contributed by atoms with Gasteiger partial charge in [-0.25, -0.2) is 0 Å². The molecule has 0 saturated carbocycles. The molecule has 1 saturated heterocycles. The van der Waals surface area contributed by atoms with E-state index in [1.54, 1.807) is 7.11 Å². The Bertz CT molecular complexity index is 1020. The Kier molecular flexibility index (Phi) is 4.30. The summed E-state index contributed by atoms with van der Waals surface area (Å²) < 4.78 is 7.55. The van der Waals surface area contributed by atoms with Gasteiger partial charge >= 0.3 is 0 Å². The number of rotatable bonds is 3. The Hall–Kier alpha value is -2.83. The van der Waals surface area contributed by atoms with Gasteiger partial charge in [0, 0.05) is 36.5 Å². The van der Waals surface area contributed by atoms with Gasteiger partial charge in [0.15, 0.2) is 5.82 Å². The molecule has 1 N–H and O–H groups in total. The molecule has 0 radical (unpaired) electrons. The maximum atomic E-state index is 13.3. The first-order valence-electron chi connectivity index (χ1n) is 10.1. The molecule has 3 aromatic rings. The van der Waals surface area contributed by atoms with Gasteiger partial charge in [0.05, 0.1) is 13.2 Å². The minimum atomic E-state index is 0.00722. The third-order valence-corrected chi connectivity index (χ3v) is 6.01. The van der Waals surface area contributed by atoms with Crippen molar-refractivity contribution in [1.82, 2.24) is 24.6 Å². The van der Waals surface area contributed by atoms with Crippen molar-refractivity contribution in [3.63, 3.8) is 0 Å². The summed E-state index contributed by atoms with van der Waals surface area (Å²) in [5, 5.41) is 9.95. The van der Waals surface area contributed by atoms with Gasteiger partial charge in [-0.3, -0.25) is 4.79 Å². The lowest BCUT2D eigenvalue weighted by molar-refractivity contribution is 0.0722. The number of benzene rings is 1. The van der Waals surface area contributed by atoms with Gasteiger partial charge in [-0.1, -0.05) is 6.42 Å². The van der Waals surface area contributed by atoms with E-state index in [0.717, 1.165) is 67.1 Å². The summed E-state index contributed by atoms with van der Waals surface area (Å²) in [6.45, 7) is 1.72. The zero-order valence-corrected chi connectivity index (χ0v) is 16.1. The number of H-pyrrole nitrogens is 1. The Morgan fingerprint density at radius 3 is 2.96 bits per heavy atom. The molecule has 0 aliphatic carbocycles. The van der Waals surface area contributed by atoms with Gasteiger partial charge in [0.25, 0.3) is 5.91 Å². The smallest absolute Gasteiger partial charge is 0.270 e. The molecule has 146 valence electrons. The Labute approximate surface area is 163 Å². The largest absolute Gasteiger partial charge is 0.497 e. The van der Waals surface area contributed by atoms with Crippen LogP contribution in [0.4, 0.5) is 0 Å². The average molecular weight is 379 g/mol. The van der Waals surface area contributed by atoms with Crippen LogP contribution in [0.1, 0.15) is 60.3 Å². The molecule has 7 heteroatoms. The molecular weight excluding hydrogens is 354 g/mol. The molecule has 2 aliphatic heterocycles. The second-order valence-corrected chi connectivity index (χ2v) is 7.73. The SMILES string of the molecule is COc1ccc2cc(C(=O)N3CCCC3c3nnc4n3CCCCC4)[nH]c2c1. The Morgan fingerprint density at radius 1 is 1.14 bits per heavy atom. The van der Waals surface area contributed by atoms with E-state index in [9.17, 15) is 4.79 Å². The van der Waals surface area contributed by atoms with Crippen LogP contribution in [0.2, 0.25) is 0 Å². The van der Waals surface area contributed by atoms with Crippen LogP contribution >= 0.6 is 0 Å². The standard InChI is InChI=1S/C21H25N5O2/c1-28-15-9-8-14-12-17(22-16(14)13-15)21(27)25-11-5-6-18(25)20-24-23-19-7-3-2-4-10-26(19)20/h8-9,12-13,18,22H,2-7,10-11H2,1H3. The lowest BCUT2D eigenvalue weighted by Gasteiger charge is -2.24. The van der Waals surface area contributed by atoms with Crippen LogP contribution in [0.25, 0.3) is 10.9 Å². The highest BCUT2D eigenvalue weighted by atomic mass is 16.5. The van der Waals surface area contributed by atoms with Crippen LogP contribution in [0.5, 0.6) is 5.75 Å². The number of hydrogen-bond acceptors (Lipinski definition) is 4. The summed E-state index contributed by atoms with van der Waals surface area (Å²) in [5.74, 6) is 2.84. The Balaban J connectivity index is 1.45. The fraction of sp³-hybridized carbons (Fsp3) is 0.476. The number of aromatic nitrogens is 4. The first-order valence-corrected chi connectivity index (χ1v) is 10.1. The summed E-state index contributed by atoms with van der Waals surface area (Å²) in [6, 6.07) is 7.74. The molecule has 0 spiro atoms. The number of fused-ring (bicyclic) bond motifs is 2. The molecule has 2 aromatic heterocycles. The molecule has 28 heavy (non-hydrogen) atoms. The Morgan fingerprint density at radius 2 is 2.07 bits per heavy atom. The molecule has 4 heterocycles. The van der Waals surface area contributed by atoms with Crippen LogP contribution in [0, 0.1) is 0 Å². The number of likely N-dealkylation sites (tertiary alicyclic amines) is 1. The number of nitrogens with one attached hydrogen (secondary N) is 1. The number of aromatic amines is 1. The van der Waals surface area contributed by atoms with Crippen molar-refractivity contribution < 1.29 is 9.53 Å². The highest BCUT2D eigenvalue weighted by molar-refractivity contribution is 5.98. The van der Waals surface area contributed by atoms with Crippen LogP contribution in [0.3, 0.4) is 0 Å². The molecule has 1 unspecified atom stereocenters. The zero-order chi connectivity index (χ0) is 19.1. The number of hydrogen-bond donors (Lipinski definition) is 1. The molecular formula is C21H25N5O2. The number of methoxy groups -OCH3 is 1. The second-order valence-electron chi connectivity index (χ2n) is 7.73. The molecule has 7 nitrogen and oxygen atoms in total. The summed E-state index contributed by atoms with van der Waals surface area (Å²) in [6.07, 6.45) is 6.48. The second kappa shape index (κ2) is 6.96. The van der Waals surface area contributed by atoms with Crippen molar-refractivity contribution in [2.24, 2.45) is 0 Å². The van der Waals surface area contributed by atoms with E-state index in [1.807, 2.05) is 29.2 Å². The van der Waals surface area contributed by atoms with Gasteiger partial charge in [0.1, 0.15) is 17.3 Å². The normalized spacial score (nSPS) is 19.6. The lowest BCUT2D eigenvalue weighted by atomic mass is 10.2. The van der Waals surface area contributed by atoms with E-state index in [2.05, 4.69) is 19.7 Å². The van der Waals surface area contributed by atoms with E-state index < -0.39 is 0 Å². The van der Waals surface area contributed by atoms with Crippen LogP contribution in [-0.2, 0) is 13.0 Å². The van der Waals surface area contributed by atoms with Gasteiger partial charge in [0.2, 0.25) is 0 Å². The van der Waals surface area contributed by atoms with E-state index >= 15 is 0 Å². The third kappa shape index (κ3) is 2.85. The van der Waals surface area contributed by atoms with Crippen molar-refractivity contribution in [3.8, 4) is 5.75 Å². The molecule has 1 aromatic carbocycles. The van der Waals surface area contributed by atoms with Crippen LogP contribution in [0.15, 0.2) is 24.3 Å². The predicted octanol–water partition coefficient (Wildman–Crippen LogP) is 3.47. The first kappa shape index (κ1) is 17.3.